The second kappa shape index (κ2) is 7.05. The van der Waals surface area contributed by atoms with Crippen LogP contribution in [0.5, 0.6) is 0 Å². The van der Waals surface area contributed by atoms with E-state index >= 15 is 0 Å². The molecular weight excluding hydrogens is 314 g/mol. The molecule has 3 heterocycles. The Labute approximate surface area is 140 Å². The number of carbonyl (C=O) groups excluding carboxylic acids is 1. The third-order valence-corrected chi connectivity index (χ3v) is 5.37. The fraction of sp³-hybridized carbons (Fsp3) is 0.688. The molecule has 6 nitrogen and oxygen atoms in total. The van der Waals surface area contributed by atoms with E-state index in [0.29, 0.717) is 13.0 Å². The van der Waals surface area contributed by atoms with Gasteiger partial charge in [-0.05, 0) is 18.8 Å². The number of nitrogens with one attached hydrogen (secondary N) is 1. The van der Waals surface area contributed by atoms with Gasteiger partial charge in [0.05, 0.1) is 17.8 Å². The van der Waals surface area contributed by atoms with Gasteiger partial charge in [-0.2, -0.15) is 0 Å². The molecule has 7 heteroatoms. The molecular formula is C16H23N3O3S. The molecule has 0 saturated carbocycles. The number of rotatable bonds is 5. The van der Waals surface area contributed by atoms with Crippen LogP contribution in [0.3, 0.4) is 0 Å². The van der Waals surface area contributed by atoms with Gasteiger partial charge in [0, 0.05) is 31.4 Å². The molecule has 23 heavy (non-hydrogen) atoms. The van der Waals surface area contributed by atoms with Crippen molar-refractivity contribution in [2.24, 2.45) is 0 Å². The fourth-order valence-corrected chi connectivity index (χ4v) is 4.09. The monoisotopic (exact) mass is 337 g/mol. The molecule has 2 atom stereocenters. The van der Waals surface area contributed by atoms with Crippen LogP contribution in [0.2, 0.25) is 0 Å². The Hall–Kier alpha value is -1.34. The van der Waals surface area contributed by atoms with Gasteiger partial charge in [0.25, 0.3) is 5.56 Å². The first-order valence-corrected chi connectivity index (χ1v) is 9.17. The lowest BCUT2D eigenvalue weighted by atomic mass is 10.1. The second-order valence-corrected chi connectivity index (χ2v) is 7.42. The van der Waals surface area contributed by atoms with Gasteiger partial charge in [-0.25, -0.2) is 4.98 Å². The summed E-state index contributed by atoms with van der Waals surface area (Å²) in [5.41, 5.74) is 0.762. The predicted molar refractivity (Wildman–Crippen MR) is 88.9 cm³/mol. The number of fused-ring (bicyclic) bond motifs is 1. The van der Waals surface area contributed by atoms with Crippen LogP contribution in [0, 0.1) is 0 Å². The Balaban J connectivity index is 1.63. The molecule has 1 aromatic heterocycles. The molecule has 1 saturated heterocycles. The maximum atomic E-state index is 12.4. The van der Waals surface area contributed by atoms with E-state index in [-0.39, 0.29) is 29.5 Å². The van der Waals surface area contributed by atoms with E-state index in [2.05, 4.69) is 10.3 Å². The molecule has 2 aliphatic heterocycles. The Bertz CT molecular complexity index is 638. The molecule has 1 fully saturated rings. The molecule has 2 aliphatic rings. The van der Waals surface area contributed by atoms with E-state index in [0.717, 1.165) is 36.1 Å². The third kappa shape index (κ3) is 3.77. The Morgan fingerprint density at radius 3 is 3.09 bits per heavy atom. The summed E-state index contributed by atoms with van der Waals surface area (Å²) in [7, 11) is 0. The normalized spacial score (nSPS) is 23.3. The maximum Gasteiger partial charge on any atom is 0.254 e. The summed E-state index contributed by atoms with van der Waals surface area (Å²) in [6.45, 7) is 5.39. The number of carbonyl (C=O) groups is 1. The van der Waals surface area contributed by atoms with Crippen molar-refractivity contribution in [2.45, 2.75) is 56.3 Å². The number of nitrogens with zero attached hydrogens (tertiary/aromatic N) is 2. The molecule has 1 amide bonds. The average Bonchev–Trinajstić information content (AvgIpc) is 3.15. The van der Waals surface area contributed by atoms with Crippen molar-refractivity contribution in [2.75, 3.05) is 18.9 Å². The largest absolute Gasteiger partial charge is 0.376 e. The molecule has 0 aliphatic carbocycles. The lowest BCUT2D eigenvalue weighted by molar-refractivity contribution is -0.122. The smallest absolute Gasteiger partial charge is 0.254 e. The minimum Gasteiger partial charge on any atom is -0.376 e. The summed E-state index contributed by atoms with van der Waals surface area (Å²) in [4.78, 5) is 29.0. The minimum atomic E-state index is -0.110. The van der Waals surface area contributed by atoms with Crippen LogP contribution >= 0.6 is 11.8 Å². The van der Waals surface area contributed by atoms with Crippen LogP contribution in [0.1, 0.15) is 50.8 Å². The lowest BCUT2D eigenvalue weighted by Gasteiger charge is -2.15. The zero-order chi connectivity index (χ0) is 16.4. The highest BCUT2D eigenvalue weighted by Gasteiger charge is 2.28. The molecule has 0 bridgehead atoms. The zero-order valence-corrected chi connectivity index (χ0v) is 14.4. The van der Waals surface area contributed by atoms with Crippen molar-refractivity contribution in [3.63, 3.8) is 0 Å². The van der Waals surface area contributed by atoms with Crippen molar-refractivity contribution in [3.05, 3.63) is 22.1 Å². The highest BCUT2D eigenvalue weighted by Crippen LogP contribution is 2.32. The van der Waals surface area contributed by atoms with Crippen molar-refractivity contribution < 1.29 is 9.53 Å². The van der Waals surface area contributed by atoms with Crippen LogP contribution in [-0.2, 0) is 9.53 Å². The number of thioether (sulfide) groups is 1. The Kier molecular flexibility index (Phi) is 5.06. The summed E-state index contributed by atoms with van der Waals surface area (Å²) in [5.74, 6) is 0.915. The number of amides is 1. The van der Waals surface area contributed by atoms with Gasteiger partial charge < -0.3 is 10.1 Å². The minimum absolute atomic E-state index is 0.0289. The van der Waals surface area contributed by atoms with E-state index in [1.807, 2.05) is 13.8 Å². The van der Waals surface area contributed by atoms with Crippen molar-refractivity contribution in [1.82, 2.24) is 14.9 Å². The number of hydrogen-bond donors (Lipinski definition) is 1. The molecule has 3 rings (SSSR count). The van der Waals surface area contributed by atoms with Gasteiger partial charge >= 0.3 is 0 Å². The van der Waals surface area contributed by atoms with E-state index in [9.17, 15) is 9.59 Å². The SMILES string of the molecule is CC(C)c1cc(=O)n2c(n1)SC[C@@H]2CC(=O)NC[C@H]1CCCO1. The van der Waals surface area contributed by atoms with E-state index in [4.69, 9.17) is 4.74 Å². The highest BCUT2D eigenvalue weighted by molar-refractivity contribution is 7.99. The van der Waals surface area contributed by atoms with E-state index in [1.54, 1.807) is 22.4 Å². The summed E-state index contributed by atoms with van der Waals surface area (Å²) in [6, 6.07) is 1.48. The first-order valence-electron chi connectivity index (χ1n) is 8.19. The van der Waals surface area contributed by atoms with Gasteiger partial charge in [0.1, 0.15) is 0 Å². The molecule has 0 aromatic carbocycles. The number of aromatic nitrogens is 2. The zero-order valence-electron chi connectivity index (χ0n) is 13.6. The molecule has 0 radical (unpaired) electrons. The lowest BCUT2D eigenvalue weighted by Crippen LogP contribution is -2.34. The Morgan fingerprint density at radius 2 is 2.39 bits per heavy atom. The van der Waals surface area contributed by atoms with Gasteiger partial charge in [-0.15, -0.1) is 0 Å². The number of hydrogen-bond acceptors (Lipinski definition) is 5. The van der Waals surface area contributed by atoms with E-state index < -0.39 is 0 Å². The van der Waals surface area contributed by atoms with Crippen LogP contribution in [0.15, 0.2) is 16.0 Å². The van der Waals surface area contributed by atoms with Crippen LogP contribution in [0.25, 0.3) is 0 Å². The molecule has 0 spiro atoms. The first-order chi connectivity index (χ1) is 11.0. The first kappa shape index (κ1) is 16.5. The fourth-order valence-electron chi connectivity index (χ4n) is 2.94. The molecule has 1 N–H and O–H groups in total. The molecule has 126 valence electrons. The second-order valence-electron chi connectivity index (χ2n) is 6.43. The highest BCUT2D eigenvalue weighted by atomic mass is 32.2. The van der Waals surface area contributed by atoms with Gasteiger partial charge in [-0.1, -0.05) is 25.6 Å². The van der Waals surface area contributed by atoms with Gasteiger partial charge in [0.15, 0.2) is 5.16 Å². The summed E-state index contributed by atoms with van der Waals surface area (Å²) >= 11 is 1.55. The van der Waals surface area contributed by atoms with Gasteiger partial charge in [0.2, 0.25) is 5.91 Å². The maximum absolute atomic E-state index is 12.4. The summed E-state index contributed by atoms with van der Waals surface area (Å²) in [6.07, 6.45) is 2.52. The topological polar surface area (TPSA) is 73.2 Å². The van der Waals surface area contributed by atoms with Crippen LogP contribution < -0.4 is 10.9 Å². The van der Waals surface area contributed by atoms with E-state index in [1.165, 1.54) is 0 Å². The van der Waals surface area contributed by atoms with Gasteiger partial charge in [-0.3, -0.25) is 14.2 Å². The average molecular weight is 337 g/mol. The van der Waals surface area contributed by atoms with Crippen molar-refractivity contribution >= 4 is 17.7 Å². The number of ether oxygens (including phenoxy) is 1. The Morgan fingerprint density at radius 1 is 1.57 bits per heavy atom. The molecule has 1 aromatic rings. The summed E-state index contributed by atoms with van der Waals surface area (Å²) in [5, 5.41) is 3.66. The quantitative estimate of drug-likeness (QED) is 0.828. The van der Waals surface area contributed by atoms with Crippen LogP contribution in [-0.4, -0.2) is 40.5 Å². The third-order valence-electron chi connectivity index (χ3n) is 4.27. The van der Waals surface area contributed by atoms with Crippen LogP contribution in [0.4, 0.5) is 0 Å². The summed E-state index contributed by atoms with van der Waals surface area (Å²) < 4.78 is 7.17. The molecule has 0 unspecified atom stereocenters. The van der Waals surface area contributed by atoms with Crippen molar-refractivity contribution in [3.8, 4) is 0 Å². The van der Waals surface area contributed by atoms with Crippen molar-refractivity contribution in [1.29, 1.82) is 0 Å². The standard InChI is InChI=1S/C16H23N3O3S/c1-10(2)13-7-15(21)19-11(9-23-16(19)18-13)6-14(20)17-8-12-4-3-5-22-12/h7,10-12H,3-6,8-9H2,1-2H3,(H,17,20)/t11-,12+/m0/s1. The predicted octanol–water partition coefficient (Wildman–Crippen LogP) is 1.70.